The standard InChI is InChI=1S/C16H23N/c1-13(2)15(17-3)16(11-7-8-12-16)14-9-5-4-6-10-14/h4-6,9-10,15,17H,1,7-8,11-12H2,2-3H3. The van der Waals surface area contributed by atoms with Gasteiger partial charge in [0.15, 0.2) is 0 Å². The van der Waals surface area contributed by atoms with Crippen molar-refractivity contribution in [2.75, 3.05) is 7.05 Å². The second-order valence-electron chi connectivity index (χ2n) is 5.30. The highest BCUT2D eigenvalue weighted by molar-refractivity contribution is 5.33. The van der Waals surface area contributed by atoms with E-state index in [4.69, 9.17) is 0 Å². The molecule has 0 heterocycles. The Morgan fingerprint density at radius 3 is 2.29 bits per heavy atom. The average Bonchev–Trinajstić information content (AvgIpc) is 2.81. The van der Waals surface area contributed by atoms with E-state index in [1.54, 1.807) is 0 Å². The molecular formula is C16H23N. The summed E-state index contributed by atoms with van der Waals surface area (Å²) in [5, 5.41) is 3.48. The van der Waals surface area contributed by atoms with Crippen molar-refractivity contribution in [3.8, 4) is 0 Å². The zero-order chi connectivity index (χ0) is 12.3. The van der Waals surface area contributed by atoms with Crippen LogP contribution >= 0.6 is 0 Å². The Morgan fingerprint density at radius 1 is 1.24 bits per heavy atom. The first kappa shape index (κ1) is 12.4. The van der Waals surface area contributed by atoms with Crippen LogP contribution in [-0.4, -0.2) is 13.1 Å². The molecule has 1 unspecified atom stereocenters. The maximum absolute atomic E-state index is 4.18. The lowest BCUT2D eigenvalue weighted by Gasteiger charge is -2.38. The molecule has 1 aliphatic rings. The van der Waals surface area contributed by atoms with E-state index >= 15 is 0 Å². The Hall–Kier alpha value is -1.08. The number of hydrogen-bond acceptors (Lipinski definition) is 1. The van der Waals surface area contributed by atoms with E-state index in [9.17, 15) is 0 Å². The molecule has 1 fully saturated rings. The smallest absolute Gasteiger partial charge is 0.0369 e. The third-order valence-corrected chi connectivity index (χ3v) is 4.18. The largest absolute Gasteiger partial charge is 0.313 e. The summed E-state index contributed by atoms with van der Waals surface area (Å²) in [6.45, 7) is 6.32. The predicted octanol–water partition coefficient (Wildman–Crippen LogP) is 3.66. The van der Waals surface area contributed by atoms with Crippen LogP contribution < -0.4 is 5.32 Å². The zero-order valence-corrected chi connectivity index (χ0v) is 11.0. The summed E-state index contributed by atoms with van der Waals surface area (Å²) >= 11 is 0. The first-order valence-electron chi connectivity index (χ1n) is 6.59. The van der Waals surface area contributed by atoms with Gasteiger partial charge in [-0.2, -0.15) is 0 Å². The molecule has 1 saturated carbocycles. The topological polar surface area (TPSA) is 12.0 Å². The van der Waals surface area contributed by atoms with Gasteiger partial charge >= 0.3 is 0 Å². The van der Waals surface area contributed by atoms with Gasteiger partial charge in [-0.05, 0) is 32.4 Å². The summed E-state index contributed by atoms with van der Waals surface area (Å²) < 4.78 is 0. The molecule has 1 N–H and O–H groups in total. The van der Waals surface area contributed by atoms with E-state index in [1.807, 2.05) is 0 Å². The van der Waals surface area contributed by atoms with Crippen LogP contribution in [0.4, 0.5) is 0 Å². The first-order valence-corrected chi connectivity index (χ1v) is 6.59. The van der Waals surface area contributed by atoms with Crippen LogP contribution in [0.3, 0.4) is 0 Å². The zero-order valence-electron chi connectivity index (χ0n) is 11.0. The summed E-state index contributed by atoms with van der Waals surface area (Å²) in [6, 6.07) is 11.4. The maximum atomic E-state index is 4.18. The van der Waals surface area contributed by atoms with Gasteiger partial charge in [-0.25, -0.2) is 0 Å². The van der Waals surface area contributed by atoms with Crippen LogP contribution in [0.5, 0.6) is 0 Å². The summed E-state index contributed by atoms with van der Waals surface area (Å²) in [4.78, 5) is 0. The molecule has 17 heavy (non-hydrogen) atoms. The van der Waals surface area contributed by atoms with Gasteiger partial charge < -0.3 is 5.32 Å². The second kappa shape index (κ2) is 5.05. The van der Waals surface area contributed by atoms with Crippen LogP contribution in [-0.2, 0) is 5.41 Å². The van der Waals surface area contributed by atoms with E-state index in [1.165, 1.54) is 36.8 Å². The molecule has 2 rings (SSSR count). The van der Waals surface area contributed by atoms with Gasteiger partial charge in [0.2, 0.25) is 0 Å². The van der Waals surface area contributed by atoms with Gasteiger partial charge in [0.05, 0.1) is 0 Å². The fourth-order valence-corrected chi connectivity index (χ4v) is 3.51. The molecule has 1 aromatic rings. The molecule has 0 spiro atoms. The van der Waals surface area contributed by atoms with Gasteiger partial charge in [-0.1, -0.05) is 55.3 Å². The van der Waals surface area contributed by atoms with Crippen molar-refractivity contribution in [3.05, 3.63) is 48.0 Å². The van der Waals surface area contributed by atoms with Gasteiger partial charge in [0.1, 0.15) is 0 Å². The highest BCUT2D eigenvalue weighted by Gasteiger charge is 2.42. The molecule has 0 bridgehead atoms. The Labute approximate surface area is 105 Å². The van der Waals surface area contributed by atoms with Crippen LogP contribution in [0.1, 0.15) is 38.2 Å². The Kier molecular flexibility index (Phi) is 3.68. The minimum absolute atomic E-state index is 0.266. The second-order valence-corrected chi connectivity index (χ2v) is 5.30. The third-order valence-electron chi connectivity index (χ3n) is 4.18. The molecular weight excluding hydrogens is 206 g/mol. The van der Waals surface area contributed by atoms with Crippen molar-refractivity contribution in [1.82, 2.24) is 5.32 Å². The van der Waals surface area contributed by atoms with E-state index in [0.29, 0.717) is 6.04 Å². The van der Waals surface area contributed by atoms with Gasteiger partial charge in [-0.15, -0.1) is 0 Å². The van der Waals surface area contributed by atoms with Gasteiger partial charge in [-0.3, -0.25) is 0 Å². The molecule has 1 aromatic carbocycles. The number of likely N-dealkylation sites (N-methyl/N-ethyl adjacent to an activating group) is 1. The van der Waals surface area contributed by atoms with Crippen molar-refractivity contribution in [2.45, 2.75) is 44.1 Å². The van der Waals surface area contributed by atoms with Crippen LogP contribution in [0, 0.1) is 0 Å². The van der Waals surface area contributed by atoms with Crippen molar-refractivity contribution >= 4 is 0 Å². The molecule has 92 valence electrons. The van der Waals surface area contributed by atoms with Crippen LogP contribution in [0.2, 0.25) is 0 Å². The summed E-state index contributed by atoms with van der Waals surface area (Å²) in [6.07, 6.45) is 5.21. The summed E-state index contributed by atoms with van der Waals surface area (Å²) in [5.41, 5.74) is 2.99. The highest BCUT2D eigenvalue weighted by atomic mass is 14.9. The molecule has 0 amide bonds. The Bertz CT molecular complexity index is 374. The quantitative estimate of drug-likeness (QED) is 0.777. The fraction of sp³-hybridized carbons (Fsp3) is 0.500. The van der Waals surface area contributed by atoms with E-state index in [-0.39, 0.29) is 5.41 Å². The van der Waals surface area contributed by atoms with Crippen molar-refractivity contribution in [2.24, 2.45) is 0 Å². The van der Waals surface area contributed by atoms with Crippen LogP contribution in [0.25, 0.3) is 0 Å². The van der Waals surface area contributed by atoms with Crippen molar-refractivity contribution in [1.29, 1.82) is 0 Å². The maximum Gasteiger partial charge on any atom is 0.0369 e. The minimum Gasteiger partial charge on any atom is -0.313 e. The van der Waals surface area contributed by atoms with Gasteiger partial charge in [0.25, 0.3) is 0 Å². The molecule has 1 aliphatic carbocycles. The highest BCUT2D eigenvalue weighted by Crippen LogP contribution is 2.45. The van der Waals surface area contributed by atoms with E-state index < -0.39 is 0 Å². The Morgan fingerprint density at radius 2 is 1.82 bits per heavy atom. The van der Waals surface area contributed by atoms with Crippen molar-refractivity contribution in [3.63, 3.8) is 0 Å². The SMILES string of the molecule is C=C(C)C(NC)C1(c2ccccc2)CCCC1. The molecule has 1 heteroatoms. The predicted molar refractivity (Wildman–Crippen MR) is 74.2 cm³/mol. The number of nitrogens with one attached hydrogen (secondary N) is 1. The lowest BCUT2D eigenvalue weighted by Crippen LogP contribution is -2.46. The molecule has 0 radical (unpaired) electrons. The summed E-state index contributed by atoms with van der Waals surface area (Å²) in [5.74, 6) is 0. The minimum atomic E-state index is 0.266. The van der Waals surface area contributed by atoms with E-state index in [2.05, 4.69) is 56.2 Å². The average molecular weight is 229 g/mol. The summed E-state index contributed by atoms with van der Waals surface area (Å²) in [7, 11) is 2.06. The lowest BCUT2D eigenvalue weighted by atomic mass is 9.70. The van der Waals surface area contributed by atoms with Gasteiger partial charge in [0, 0.05) is 11.5 Å². The molecule has 1 atom stereocenters. The molecule has 0 aromatic heterocycles. The number of hydrogen-bond donors (Lipinski definition) is 1. The molecule has 0 aliphatic heterocycles. The first-order chi connectivity index (χ1) is 8.20. The molecule has 1 nitrogen and oxygen atoms in total. The molecule has 0 saturated heterocycles. The van der Waals surface area contributed by atoms with Crippen LogP contribution in [0.15, 0.2) is 42.5 Å². The Balaban J connectivity index is 2.42. The normalized spacial score (nSPS) is 20.1. The third kappa shape index (κ3) is 2.16. The van der Waals surface area contributed by atoms with E-state index in [0.717, 1.165) is 0 Å². The monoisotopic (exact) mass is 229 g/mol. The number of rotatable bonds is 4. The lowest BCUT2D eigenvalue weighted by molar-refractivity contribution is 0.344. The fourth-order valence-electron chi connectivity index (χ4n) is 3.51. The number of benzene rings is 1. The van der Waals surface area contributed by atoms with Crippen molar-refractivity contribution < 1.29 is 0 Å².